The number of rotatable bonds is 4. The molecule has 102 valence electrons. The number of carbonyl (C=O) groups excluding carboxylic acids is 2. The summed E-state index contributed by atoms with van der Waals surface area (Å²) in [5, 5.41) is 11.3. The highest BCUT2D eigenvalue weighted by atomic mass is 16.4. The lowest BCUT2D eigenvalue weighted by Crippen LogP contribution is -2.52. The first-order chi connectivity index (χ1) is 8.41. The molecule has 1 aliphatic rings. The number of aliphatic carboxylic acids is 1. The fraction of sp³-hybridized carbons (Fsp3) is 0.727. The fourth-order valence-corrected chi connectivity index (χ4v) is 1.71. The smallest absolute Gasteiger partial charge is 0.320 e. The van der Waals surface area contributed by atoms with Crippen LogP contribution in [-0.2, 0) is 14.4 Å². The van der Waals surface area contributed by atoms with Gasteiger partial charge in [-0.2, -0.15) is 0 Å². The zero-order chi connectivity index (χ0) is 13.7. The van der Waals surface area contributed by atoms with Crippen LogP contribution in [0, 0.1) is 0 Å². The summed E-state index contributed by atoms with van der Waals surface area (Å²) in [6.45, 7) is 5.08. The van der Waals surface area contributed by atoms with Crippen LogP contribution in [0.1, 0.15) is 13.8 Å². The van der Waals surface area contributed by atoms with Crippen LogP contribution < -0.4 is 5.32 Å². The molecular weight excluding hydrogens is 238 g/mol. The summed E-state index contributed by atoms with van der Waals surface area (Å²) < 4.78 is 0. The molecule has 18 heavy (non-hydrogen) atoms. The van der Waals surface area contributed by atoms with Gasteiger partial charge in [-0.25, -0.2) is 0 Å². The number of carboxylic acid groups (broad SMARTS) is 1. The van der Waals surface area contributed by atoms with Gasteiger partial charge in [-0.1, -0.05) is 0 Å². The molecule has 0 spiro atoms. The summed E-state index contributed by atoms with van der Waals surface area (Å²) in [7, 11) is 0. The minimum absolute atomic E-state index is 0.00748. The van der Waals surface area contributed by atoms with Crippen molar-refractivity contribution in [3.8, 4) is 0 Å². The molecule has 0 aromatic carbocycles. The lowest BCUT2D eigenvalue weighted by Gasteiger charge is -2.34. The Bertz CT molecular complexity index is 337. The molecule has 7 heteroatoms. The van der Waals surface area contributed by atoms with Crippen LogP contribution in [0.4, 0.5) is 0 Å². The molecule has 0 aliphatic carbocycles. The number of hydrogen-bond acceptors (Lipinski definition) is 4. The number of carbonyl (C=O) groups is 3. The Kier molecular flexibility index (Phi) is 5.08. The molecule has 2 N–H and O–H groups in total. The van der Waals surface area contributed by atoms with Crippen LogP contribution in [0.15, 0.2) is 0 Å². The molecule has 0 saturated carbocycles. The zero-order valence-corrected chi connectivity index (χ0v) is 10.7. The Morgan fingerprint density at radius 3 is 2.11 bits per heavy atom. The van der Waals surface area contributed by atoms with Gasteiger partial charge in [0.1, 0.15) is 6.04 Å². The highest BCUT2D eigenvalue weighted by molar-refractivity contribution is 5.80. The number of hydrogen-bond donors (Lipinski definition) is 2. The first-order valence-corrected chi connectivity index (χ1v) is 5.91. The predicted octanol–water partition coefficient (Wildman–Crippen LogP) is -1.26. The van der Waals surface area contributed by atoms with E-state index in [4.69, 9.17) is 5.11 Å². The maximum Gasteiger partial charge on any atom is 0.320 e. The molecule has 0 radical (unpaired) electrons. The maximum absolute atomic E-state index is 11.8. The van der Waals surface area contributed by atoms with Gasteiger partial charge in [0.2, 0.25) is 11.8 Å². The third-order valence-corrected chi connectivity index (χ3v) is 3.01. The Morgan fingerprint density at radius 1 is 1.17 bits per heavy atom. The van der Waals surface area contributed by atoms with Crippen LogP contribution in [0.3, 0.4) is 0 Å². The summed E-state index contributed by atoms with van der Waals surface area (Å²) in [5.41, 5.74) is 0. The van der Waals surface area contributed by atoms with Crippen molar-refractivity contribution < 1.29 is 19.5 Å². The van der Waals surface area contributed by atoms with E-state index in [-0.39, 0.29) is 18.4 Å². The number of nitrogens with one attached hydrogen (secondary N) is 1. The standard InChI is InChI=1S/C11H19N3O4/c1-8(11(17)18)12-7-10(16)14-5-3-13(4-6-14)9(2)15/h8,12H,3-7H2,1-2H3,(H,17,18). The summed E-state index contributed by atoms with van der Waals surface area (Å²) in [6, 6.07) is -0.743. The van der Waals surface area contributed by atoms with Crippen molar-refractivity contribution >= 4 is 17.8 Å². The van der Waals surface area contributed by atoms with Gasteiger partial charge in [0.05, 0.1) is 6.54 Å². The Hall–Kier alpha value is -1.63. The van der Waals surface area contributed by atoms with E-state index in [1.165, 1.54) is 13.8 Å². The molecule has 7 nitrogen and oxygen atoms in total. The van der Waals surface area contributed by atoms with E-state index >= 15 is 0 Å². The van der Waals surface area contributed by atoms with Gasteiger partial charge in [-0.3, -0.25) is 19.7 Å². The van der Waals surface area contributed by atoms with E-state index in [1.54, 1.807) is 9.80 Å². The van der Waals surface area contributed by atoms with E-state index in [2.05, 4.69) is 5.32 Å². The van der Waals surface area contributed by atoms with E-state index in [0.717, 1.165) is 0 Å². The lowest BCUT2D eigenvalue weighted by molar-refractivity contribution is -0.140. The zero-order valence-electron chi connectivity index (χ0n) is 10.7. The molecule has 0 aromatic heterocycles. The minimum atomic E-state index is -0.982. The third kappa shape index (κ3) is 3.99. The number of piperazine rings is 1. The summed E-state index contributed by atoms with van der Waals surface area (Å²) in [6.07, 6.45) is 0. The highest BCUT2D eigenvalue weighted by Gasteiger charge is 2.22. The molecule has 1 atom stereocenters. The van der Waals surface area contributed by atoms with Crippen molar-refractivity contribution in [2.75, 3.05) is 32.7 Å². The van der Waals surface area contributed by atoms with Crippen LogP contribution in [0.25, 0.3) is 0 Å². The number of carboxylic acids is 1. The van der Waals surface area contributed by atoms with Crippen LogP contribution in [0.2, 0.25) is 0 Å². The first-order valence-electron chi connectivity index (χ1n) is 5.91. The monoisotopic (exact) mass is 257 g/mol. The fourth-order valence-electron chi connectivity index (χ4n) is 1.71. The molecule has 1 fully saturated rings. The van der Waals surface area contributed by atoms with Gasteiger partial charge in [0.15, 0.2) is 0 Å². The van der Waals surface area contributed by atoms with Gasteiger partial charge >= 0.3 is 5.97 Å². The number of amides is 2. The predicted molar refractivity (Wildman–Crippen MR) is 63.9 cm³/mol. The highest BCUT2D eigenvalue weighted by Crippen LogP contribution is 2.02. The average Bonchev–Trinajstić information content (AvgIpc) is 2.35. The first kappa shape index (κ1) is 14.4. The molecule has 0 aromatic rings. The molecule has 1 saturated heterocycles. The van der Waals surface area contributed by atoms with Crippen molar-refractivity contribution in [2.45, 2.75) is 19.9 Å². The van der Waals surface area contributed by atoms with Crippen molar-refractivity contribution in [3.05, 3.63) is 0 Å². The average molecular weight is 257 g/mol. The second-order valence-corrected chi connectivity index (χ2v) is 4.33. The van der Waals surface area contributed by atoms with Crippen LogP contribution in [0.5, 0.6) is 0 Å². The Morgan fingerprint density at radius 2 is 1.67 bits per heavy atom. The molecular formula is C11H19N3O4. The SMILES string of the molecule is CC(=O)N1CCN(C(=O)CNC(C)C(=O)O)CC1. The third-order valence-electron chi connectivity index (χ3n) is 3.01. The summed E-state index contributed by atoms with van der Waals surface area (Å²) in [4.78, 5) is 36.8. The van der Waals surface area contributed by atoms with E-state index in [9.17, 15) is 14.4 Å². The number of nitrogens with zero attached hydrogens (tertiary/aromatic N) is 2. The maximum atomic E-state index is 11.8. The Balaban J connectivity index is 2.32. The van der Waals surface area contributed by atoms with Gasteiger partial charge in [0, 0.05) is 33.1 Å². The van der Waals surface area contributed by atoms with Crippen molar-refractivity contribution in [1.29, 1.82) is 0 Å². The van der Waals surface area contributed by atoms with Crippen LogP contribution in [-0.4, -0.2) is 71.5 Å². The largest absolute Gasteiger partial charge is 0.480 e. The summed E-state index contributed by atoms with van der Waals surface area (Å²) in [5.74, 6) is -1.10. The van der Waals surface area contributed by atoms with Crippen molar-refractivity contribution in [2.24, 2.45) is 0 Å². The lowest BCUT2D eigenvalue weighted by atomic mass is 10.3. The van der Waals surface area contributed by atoms with Gasteiger partial charge in [-0.15, -0.1) is 0 Å². The summed E-state index contributed by atoms with van der Waals surface area (Å²) >= 11 is 0. The molecule has 1 rings (SSSR count). The normalized spacial score (nSPS) is 17.4. The second-order valence-electron chi connectivity index (χ2n) is 4.33. The van der Waals surface area contributed by atoms with Gasteiger partial charge in [0.25, 0.3) is 0 Å². The van der Waals surface area contributed by atoms with E-state index < -0.39 is 12.0 Å². The molecule has 1 heterocycles. The van der Waals surface area contributed by atoms with E-state index in [0.29, 0.717) is 26.2 Å². The van der Waals surface area contributed by atoms with Crippen molar-refractivity contribution in [1.82, 2.24) is 15.1 Å². The Labute approximate surface area is 106 Å². The molecule has 1 aliphatic heterocycles. The molecule has 0 bridgehead atoms. The minimum Gasteiger partial charge on any atom is -0.480 e. The topological polar surface area (TPSA) is 90.0 Å². The second kappa shape index (κ2) is 6.34. The van der Waals surface area contributed by atoms with Gasteiger partial charge in [-0.05, 0) is 6.92 Å². The molecule has 2 amide bonds. The van der Waals surface area contributed by atoms with Crippen molar-refractivity contribution in [3.63, 3.8) is 0 Å². The quantitative estimate of drug-likeness (QED) is 0.656. The molecule has 1 unspecified atom stereocenters. The van der Waals surface area contributed by atoms with Gasteiger partial charge < -0.3 is 14.9 Å². The van der Waals surface area contributed by atoms with E-state index in [1.807, 2.05) is 0 Å². The van der Waals surface area contributed by atoms with Crippen LogP contribution >= 0.6 is 0 Å².